The average Bonchev–Trinajstić information content (AvgIpc) is 3.15. The van der Waals surface area contributed by atoms with Crippen molar-refractivity contribution in [2.75, 3.05) is 7.11 Å². The van der Waals surface area contributed by atoms with Crippen LogP contribution in [0.25, 0.3) is 0 Å². The van der Waals surface area contributed by atoms with E-state index in [0.717, 1.165) is 22.6 Å². The standard InChI is InChI=1S/C20H20ClN3O3S/c1-12-8-16(5-6-17(12)21)27-10-19-22-20(24-23-19)28-11-15-9-14(13(2)25)4-7-18(15)26-3/h4-9H,10-11H2,1-3H3,(H,22,23,24). The number of ketones is 1. The normalized spacial score (nSPS) is 10.7. The summed E-state index contributed by atoms with van der Waals surface area (Å²) in [6, 6.07) is 10.9. The highest BCUT2D eigenvalue weighted by Gasteiger charge is 2.11. The second kappa shape index (κ2) is 9.12. The summed E-state index contributed by atoms with van der Waals surface area (Å²) in [6.07, 6.45) is 0. The summed E-state index contributed by atoms with van der Waals surface area (Å²) < 4.78 is 11.1. The van der Waals surface area contributed by atoms with Gasteiger partial charge in [0.25, 0.3) is 0 Å². The van der Waals surface area contributed by atoms with Crippen LogP contribution in [0.15, 0.2) is 41.6 Å². The number of H-pyrrole nitrogens is 1. The SMILES string of the molecule is COc1ccc(C(C)=O)cc1CSc1n[nH]c(COc2ccc(Cl)c(C)c2)n1. The van der Waals surface area contributed by atoms with Gasteiger partial charge in [0.1, 0.15) is 18.1 Å². The Morgan fingerprint density at radius 1 is 1.25 bits per heavy atom. The fraction of sp³-hybridized carbons (Fsp3) is 0.250. The number of aromatic nitrogens is 3. The van der Waals surface area contributed by atoms with Gasteiger partial charge in [-0.15, -0.1) is 5.10 Å². The Balaban J connectivity index is 1.61. The molecule has 0 fully saturated rings. The van der Waals surface area contributed by atoms with E-state index in [4.69, 9.17) is 21.1 Å². The molecule has 8 heteroatoms. The quantitative estimate of drug-likeness (QED) is 0.417. The second-order valence-corrected chi connectivity index (χ2v) is 7.49. The van der Waals surface area contributed by atoms with Crippen LogP contribution < -0.4 is 9.47 Å². The number of aromatic amines is 1. The maximum Gasteiger partial charge on any atom is 0.208 e. The van der Waals surface area contributed by atoms with Crippen molar-refractivity contribution in [2.24, 2.45) is 0 Å². The first-order valence-corrected chi connectivity index (χ1v) is 9.93. The summed E-state index contributed by atoms with van der Waals surface area (Å²) >= 11 is 7.47. The number of nitrogens with zero attached hydrogens (tertiary/aromatic N) is 2. The number of rotatable bonds is 8. The van der Waals surface area contributed by atoms with Crippen LogP contribution >= 0.6 is 23.4 Å². The molecule has 0 spiro atoms. The number of hydrogen-bond acceptors (Lipinski definition) is 6. The summed E-state index contributed by atoms with van der Waals surface area (Å²) in [6.45, 7) is 3.74. The average molecular weight is 418 g/mol. The van der Waals surface area contributed by atoms with Crippen molar-refractivity contribution in [3.8, 4) is 11.5 Å². The van der Waals surface area contributed by atoms with Crippen LogP contribution in [0.4, 0.5) is 0 Å². The van der Waals surface area contributed by atoms with E-state index in [1.165, 1.54) is 11.8 Å². The molecular formula is C20H20ClN3O3S. The van der Waals surface area contributed by atoms with Gasteiger partial charge in [-0.2, -0.15) is 0 Å². The number of carbonyl (C=O) groups is 1. The number of methoxy groups -OCH3 is 1. The third-order valence-electron chi connectivity index (χ3n) is 4.06. The molecule has 0 saturated carbocycles. The van der Waals surface area contributed by atoms with Crippen molar-refractivity contribution >= 4 is 29.1 Å². The molecule has 2 aromatic carbocycles. The minimum Gasteiger partial charge on any atom is -0.496 e. The molecule has 1 heterocycles. The Kier molecular flexibility index (Phi) is 6.59. The number of hydrogen-bond donors (Lipinski definition) is 1. The van der Waals surface area contributed by atoms with E-state index in [1.54, 1.807) is 32.2 Å². The molecule has 0 aliphatic rings. The summed E-state index contributed by atoms with van der Waals surface area (Å²) in [4.78, 5) is 16.0. The van der Waals surface area contributed by atoms with E-state index in [9.17, 15) is 4.79 Å². The predicted octanol–water partition coefficient (Wildman–Crippen LogP) is 4.85. The lowest BCUT2D eigenvalue weighted by molar-refractivity contribution is 0.101. The minimum absolute atomic E-state index is 0.0173. The van der Waals surface area contributed by atoms with Crippen molar-refractivity contribution in [2.45, 2.75) is 31.4 Å². The van der Waals surface area contributed by atoms with Crippen LogP contribution in [0.5, 0.6) is 11.5 Å². The number of halogens is 1. The zero-order chi connectivity index (χ0) is 20.1. The Morgan fingerprint density at radius 2 is 2.07 bits per heavy atom. The number of thioether (sulfide) groups is 1. The lowest BCUT2D eigenvalue weighted by atomic mass is 10.1. The number of ether oxygens (including phenoxy) is 2. The molecule has 3 rings (SSSR count). The van der Waals surface area contributed by atoms with Gasteiger partial charge in [-0.1, -0.05) is 23.4 Å². The van der Waals surface area contributed by atoms with Gasteiger partial charge in [0.2, 0.25) is 5.16 Å². The Morgan fingerprint density at radius 3 is 2.79 bits per heavy atom. The van der Waals surface area contributed by atoms with Gasteiger partial charge >= 0.3 is 0 Å². The summed E-state index contributed by atoms with van der Waals surface area (Å²) in [7, 11) is 1.61. The van der Waals surface area contributed by atoms with Crippen molar-refractivity contribution in [1.82, 2.24) is 15.2 Å². The third-order valence-corrected chi connectivity index (χ3v) is 5.38. The van der Waals surface area contributed by atoms with E-state index in [1.807, 2.05) is 25.1 Å². The largest absolute Gasteiger partial charge is 0.496 e. The van der Waals surface area contributed by atoms with Crippen LogP contribution in [0.3, 0.4) is 0 Å². The lowest BCUT2D eigenvalue weighted by Gasteiger charge is -2.08. The van der Waals surface area contributed by atoms with Crippen LogP contribution in [0.2, 0.25) is 5.02 Å². The van der Waals surface area contributed by atoms with Crippen LogP contribution in [0, 0.1) is 6.92 Å². The molecule has 0 amide bonds. The highest BCUT2D eigenvalue weighted by Crippen LogP contribution is 2.27. The molecule has 0 atom stereocenters. The van der Waals surface area contributed by atoms with E-state index in [2.05, 4.69) is 15.2 Å². The summed E-state index contributed by atoms with van der Waals surface area (Å²) in [5.41, 5.74) is 2.52. The first-order valence-electron chi connectivity index (χ1n) is 8.57. The summed E-state index contributed by atoms with van der Waals surface area (Å²) in [5, 5.41) is 8.39. The molecule has 0 unspecified atom stereocenters. The van der Waals surface area contributed by atoms with Crippen molar-refractivity contribution in [3.05, 3.63) is 63.9 Å². The Bertz CT molecular complexity index is 991. The van der Waals surface area contributed by atoms with Crippen LogP contribution in [-0.4, -0.2) is 28.1 Å². The van der Waals surface area contributed by atoms with E-state index in [-0.39, 0.29) is 12.4 Å². The molecular weight excluding hydrogens is 398 g/mol. The first-order chi connectivity index (χ1) is 13.5. The summed E-state index contributed by atoms with van der Waals surface area (Å²) in [5.74, 6) is 2.68. The zero-order valence-corrected chi connectivity index (χ0v) is 17.4. The molecule has 6 nitrogen and oxygen atoms in total. The Hall–Kier alpha value is -2.51. The number of Topliss-reactive ketones (excluding diaryl/α,β-unsaturated/α-hetero) is 1. The Labute approximate surface area is 172 Å². The molecule has 146 valence electrons. The lowest BCUT2D eigenvalue weighted by Crippen LogP contribution is -1.98. The highest BCUT2D eigenvalue weighted by atomic mass is 35.5. The number of aryl methyl sites for hydroxylation is 1. The fourth-order valence-electron chi connectivity index (χ4n) is 2.52. The van der Waals surface area contributed by atoms with Gasteiger partial charge in [-0.3, -0.25) is 9.89 Å². The topological polar surface area (TPSA) is 77.1 Å². The molecule has 1 N–H and O–H groups in total. The maximum absolute atomic E-state index is 11.6. The van der Waals surface area contributed by atoms with Crippen molar-refractivity contribution < 1.29 is 14.3 Å². The monoisotopic (exact) mass is 417 g/mol. The fourth-order valence-corrected chi connectivity index (χ4v) is 3.43. The number of nitrogens with one attached hydrogen (secondary N) is 1. The molecule has 0 aliphatic heterocycles. The van der Waals surface area contributed by atoms with E-state index < -0.39 is 0 Å². The third kappa shape index (κ3) is 5.05. The van der Waals surface area contributed by atoms with Gasteiger partial charge in [-0.25, -0.2) is 4.98 Å². The predicted molar refractivity (Wildman–Crippen MR) is 109 cm³/mol. The van der Waals surface area contributed by atoms with Gasteiger partial charge in [0, 0.05) is 21.9 Å². The molecule has 0 radical (unpaired) electrons. The van der Waals surface area contributed by atoms with Crippen molar-refractivity contribution in [3.63, 3.8) is 0 Å². The van der Waals surface area contributed by atoms with Gasteiger partial charge in [-0.05, 0) is 55.8 Å². The number of carbonyl (C=O) groups excluding carboxylic acids is 1. The smallest absolute Gasteiger partial charge is 0.208 e. The molecule has 3 aromatic rings. The van der Waals surface area contributed by atoms with E-state index >= 15 is 0 Å². The molecule has 0 aliphatic carbocycles. The first kappa shape index (κ1) is 20.2. The molecule has 0 bridgehead atoms. The van der Waals surface area contributed by atoms with Crippen molar-refractivity contribution in [1.29, 1.82) is 0 Å². The zero-order valence-electron chi connectivity index (χ0n) is 15.8. The van der Waals surface area contributed by atoms with Crippen LogP contribution in [0.1, 0.15) is 34.2 Å². The minimum atomic E-state index is 0.0173. The number of benzene rings is 2. The van der Waals surface area contributed by atoms with Crippen LogP contribution in [-0.2, 0) is 12.4 Å². The second-order valence-electron chi connectivity index (χ2n) is 6.14. The van der Waals surface area contributed by atoms with Gasteiger partial charge in [0.15, 0.2) is 11.6 Å². The maximum atomic E-state index is 11.6. The van der Waals surface area contributed by atoms with Gasteiger partial charge in [0.05, 0.1) is 7.11 Å². The van der Waals surface area contributed by atoms with E-state index in [0.29, 0.717) is 27.3 Å². The van der Waals surface area contributed by atoms with Gasteiger partial charge < -0.3 is 9.47 Å². The highest BCUT2D eigenvalue weighted by molar-refractivity contribution is 7.98. The molecule has 0 saturated heterocycles. The molecule has 28 heavy (non-hydrogen) atoms. The molecule has 1 aromatic heterocycles.